The van der Waals surface area contributed by atoms with Crippen LogP contribution in [0.15, 0.2) is 0 Å². The van der Waals surface area contributed by atoms with Gasteiger partial charge in [-0.2, -0.15) is 22.0 Å². The molecule has 106 valence electrons. The first-order chi connectivity index (χ1) is 7.92. The molecule has 1 amide bonds. The zero-order valence-corrected chi connectivity index (χ0v) is 10.3. The molecule has 1 N–H and O–H groups in total. The minimum Gasteiger partial charge on any atom is -0.338 e. The maximum Gasteiger partial charge on any atom is 0.463 e. The predicted molar refractivity (Wildman–Crippen MR) is 53.6 cm³/mol. The zero-order chi connectivity index (χ0) is 14.8. The van der Waals surface area contributed by atoms with Crippen LogP contribution < -0.4 is 5.32 Å². The van der Waals surface area contributed by atoms with Crippen molar-refractivity contribution in [2.75, 3.05) is 5.88 Å². The van der Waals surface area contributed by atoms with Gasteiger partial charge in [0.25, 0.3) is 0 Å². The molecule has 0 aromatic carbocycles. The Morgan fingerprint density at radius 1 is 1.17 bits per heavy atom. The summed E-state index contributed by atoms with van der Waals surface area (Å²) in [5.74, 6) is -9.59. The summed E-state index contributed by atoms with van der Waals surface area (Å²) in [7, 11) is 0. The van der Waals surface area contributed by atoms with Crippen LogP contribution in [-0.2, 0) is 9.59 Å². The van der Waals surface area contributed by atoms with Gasteiger partial charge in [-0.3, -0.25) is 9.59 Å². The molecule has 3 nitrogen and oxygen atoms in total. The Balaban J connectivity index is 5.11. The van der Waals surface area contributed by atoms with Crippen molar-refractivity contribution < 1.29 is 31.5 Å². The summed E-state index contributed by atoms with van der Waals surface area (Å²) in [6.07, 6.45) is -6.19. The third-order valence-corrected chi connectivity index (χ3v) is 2.72. The molecule has 1 atom stereocenters. The molecule has 0 aliphatic rings. The number of rotatable bonds is 5. The van der Waals surface area contributed by atoms with Gasteiger partial charge in [-0.1, -0.05) is 6.92 Å². The van der Waals surface area contributed by atoms with Crippen molar-refractivity contribution >= 4 is 23.3 Å². The van der Waals surface area contributed by atoms with Gasteiger partial charge in [0, 0.05) is 0 Å². The normalized spacial score (nSPS) is 16.0. The van der Waals surface area contributed by atoms with Crippen molar-refractivity contribution in [3.8, 4) is 0 Å². The molecule has 0 bridgehead atoms. The molecule has 0 radical (unpaired) electrons. The number of amides is 1. The van der Waals surface area contributed by atoms with Gasteiger partial charge in [0.1, 0.15) is 0 Å². The van der Waals surface area contributed by atoms with Crippen LogP contribution >= 0.6 is 11.6 Å². The summed E-state index contributed by atoms with van der Waals surface area (Å²) in [4.78, 5) is 22.2. The number of nitrogens with one attached hydrogen (secondary N) is 1. The summed E-state index contributed by atoms with van der Waals surface area (Å²) in [6, 6.07) is 0. The van der Waals surface area contributed by atoms with Crippen molar-refractivity contribution in [3.63, 3.8) is 0 Å². The second-order valence-corrected chi connectivity index (χ2v) is 4.04. The second kappa shape index (κ2) is 5.38. The lowest BCUT2D eigenvalue weighted by molar-refractivity contribution is -0.270. The topological polar surface area (TPSA) is 46.2 Å². The number of Topliss-reactive ketones (excluding diaryl/α,β-unsaturated/α-hetero) is 1. The summed E-state index contributed by atoms with van der Waals surface area (Å²) in [6.45, 7) is 2.37. The van der Waals surface area contributed by atoms with Gasteiger partial charge in [-0.05, 0) is 13.3 Å². The number of carbonyl (C=O) groups is 2. The van der Waals surface area contributed by atoms with Crippen LogP contribution in [0.2, 0.25) is 0 Å². The zero-order valence-electron chi connectivity index (χ0n) is 9.50. The molecule has 0 spiro atoms. The van der Waals surface area contributed by atoms with Crippen LogP contribution in [0.5, 0.6) is 0 Å². The Morgan fingerprint density at radius 3 is 1.89 bits per heavy atom. The molecule has 0 aromatic rings. The van der Waals surface area contributed by atoms with Crippen molar-refractivity contribution in [2.24, 2.45) is 0 Å². The van der Waals surface area contributed by atoms with E-state index < -0.39 is 35.2 Å². The van der Waals surface area contributed by atoms with Crippen molar-refractivity contribution in [3.05, 3.63) is 0 Å². The lowest BCUT2D eigenvalue weighted by Gasteiger charge is -2.29. The molecular formula is C9H11ClF5NO2. The molecule has 0 aliphatic carbocycles. The number of hydrogen-bond acceptors (Lipinski definition) is 2. The van der Waals surface area contributed by atoms with E-state index in [-0.39, 0.29) is 6.42 Å². The van der Waals surface area contributed by atoms with E-state index in [1.807, 2.05) is 0 Å². The Kier molecular flexibility index (Phi) is 5.10. The molecular weight excluding hydrogens is 285 g/mol. The highest BCUT2D eigenvalue weighted by Gasteiger charge is 2.64. The van der Waals surface area contributed by atoms with Gasteiger partial charge >= 0.3 is 18.0 Å². The standard InChI is InChI=1S/C9H11ClF5NO2/c1-3-7(2,5(17)4-10)16-6(18)8(11,12)9(13,14)15/h3-4H2,1-2H3,(H,16,18). The maximum absolute atomic E-state index is 12.7. The van der Waals surface area contributed by atoms with E-state index in [2.05, 4.69) is 0 Å². The third-order valence-electron chi connectivity index (χ3n) is 2.47. The highest BCUT2D eigenvalue weighted by atomic mass is 35.5. The average Bonchev–Trinajstić information content (AvgIpc) is 2.25. The molecule has 0 saturated carbocycles. The van der Waals surface area contributed by atoms with Crippen molar-refractivity contribution in [2.45, 2.75) is 37.9 Å². The molecule has 0 heterocycles. The number of halogens is 6. The van der Waals surface area contributed by atoms with Crippen LogP contribution in [0.3, 0.4) is 0 Å². The lowest BCUT2D eigenvalue weighted by Crippen LogP contribution is -2.60. The first-order valence-corrected chi connectivity index (χ1v) is 5.32. The van der Waals surface area contributed by atoms with Gasteiger partial charge in [0.15, 0.2) is 5.78 Å². The molecule has 0 fully saturated rings. The summed E-state index contributed by atoms with van der Waals surface area (Å²) in [5.41, 5.74) is -1.85. The molecule has 1 unspecified atom stereocenters. The van der Waals surface area contributed by atoms with Gasteiger partial charge in [-0.25, -0.2) is 0 Å². The largest absolute Gasteiger partial charge is 0.463 e. The highest BCUT2D eigenvalue weighted by Crippen LogP contribution is 2.36. The van der Waals surface area contributed by atoms with Crippen molar-refractivity contribution in [1.82, 2.24) is 5.32 Å². The average molecular weight is 296 g/mol. The van der Waals surface area contributed by atoms with Crippen LogP contribution in [0.1, 0.15) is 20.3 Å². The highest BCUT2D eigenvalue weighted by molar-refractivity contribution is 6.29. The van der Waals surface area contributed by atoms with E-state index in [4.69, 9.17) is 11.6 Å². The Morgan fingerprint density at radius 2 is 1.61 bits per heavy atom. The van der Waals surface area contributed by atoms with Gasteiger partial charge < -0.3 is 5.32 Å². The monoisotopic (exact) mass is 295 g/mol. The fourth-order valence-corrected chi connectivity index (χ4v) is 1.26. The molecule has 0 saturated heterocycles. The van der Waals surface area contributed by atoms with E-state index in [0.29, 0.717) is 0 Å². The smallest absolute Gasteiger partial charge is 0.338 e. The van der Waals surface area contributed by atoms with E-state index in [1.54, 1.807) is 0 Å². The Bertz CT molecular complexity index is 344. The molecule has 9 heteroatoms. The molecule has 0 rings (SSSR count). The van der Waals surface area contributed by atoms with Gasteiger partial charge in [0.05, 0.1) is 11.4 Å². The summed E-state index contributed by atoms with van der Waals surface area (Å²) in [5, 5.41) is 1.40. The van der Waals surface area contributed by atoms with Crippen molar-refractivity contribution in [1.29, 1.82) is 0 Å². The Hall–Kier alpha value is -0.920. The number of ketones is 1. The SMILES string of the molecule is CCC(C)(NC(=O)C(F)(F)C(F)(F)F)C(=O)CCl. The number of hydrogen-bond donors (Lipinski definition) is 1. The molecule has 0 aliphatic heterocycles. The van der Waals surface area contributed by atoms with Crippen LogP contribution in [0, 0.1) is 0 Å². The Labute approximate surface area is 105 Å². The molecule has 18 heavy (non-hydrogen) atoms. The maximum atomic E-state index is 12.7. The van der Waals surface area contributed by atoms with Gasteiger partial charge in [-0.15, -0.1) is 11.6 Å². The number of alkyl halides is 6. The van der Waals surface area contributed by atoms with E-state index >= 15 is 0 Å². The fourth-order valence-electron chi connectivity index (χ4n) is 0.961. The first kappa shape index (κ1) is 17.1. The minimum atomic E-state index is -6.02. The summed E-state index contributed by atoms with van der Waals surface area (Å²) >= 11 is 5.19. The van der Waals surface area contributed by atoms with E-state index in [0.717, 1.165) is 6.92 Å². The lowest BCUT2D eigenvalue weighted by atomic mass is 9.93. The fraction of sp³-hybridized carbons (Fsp3) is 0.778. The third kappa shape index (κ3) is 3.30. The quantitative estimate of drug-likeness (QED) is 0.625. The summed E-state index contributed by atoms with van der Waals surface area (Å²) < 4.78 is 61.1. The van der Waals surface area contributed by atoms with Crippen LogP contribution in [-0.4, -0.2) is 35.2 Å². The second-order valence-electron chi connectivity index (χ2n) is 3.77. The van der Waals surface area contributed by atoms with E-state index in [1.165, 1.54) is 12.2 Å². The first-order valence-electron chi connectivity index (χ1n) is 4.78. The van der Waals surface area contributed by atoms with Gasteiger partial charge in [0.2, 0.25) is 0 Å². The van der Waals surface area contributed by atoms with Crippen LogP contribution in [0.25, 0.3) is 0 Å². The molecule has 0 aromatic heterocycles. The predicted octanol–water partition coefficient (Wildman–Crippen LogP) is 2.28. The van der Waals surface area contributed by atoms with E-state index in [9.17, 15) is 31.5 Å². The van der Waals surface area contributed by atoms with Crippen LogP contribution in [0.4, 0.5) is 22.0 Å². The number of carbonyl (C=O) groups excluding carboxylic acids is 2. The minimum absolute atomic E-state index is 0.168.